The number of hydrogen-bond acceptors (Lipinski definition) is 2. The van der Waals surface area contributed by atoms with Gasteiger partial charge in [-0.2, -0.15) is 13.2 Å². The first-order valence-electron chi connectivity index (χ1n) is 5.62. The molecular formula is C11H23F3N2. The van der Waals surface area contributed by atoms with Crippen molar-refractivity contribution in [3.8, 4) is 0 Å². The van der Waals surface area contributed by atoms with E-state index in [1.807, 2.05) is 27.7 Å². The van der Waals surface area contributed by atoms with Crippen LogP contribution >= 0.6 is 0 Å². The lowest BCUT2D eigenvalue weighted by Gasteiger charge is -2.39. The van der Waals surface area contributed by atoms with Crippen molar-refractivity contribution in [1.82, 2.24) is 4.90 Å². The highest BCUT2D eigenvalue weighted by Crippen LogP contribution is 2.27. The van der Waals surface area contributed by atoms with Crippen LogP contribution in [0.2, 0.25) is 0 Å². The summed E-state index contributed by atoms with van der Waals surface area (Å²) in [5.41, 5.74) is 5.36. The molecule has 0 aliphatic carbocycles. The van der Waals surface area contributed by atoms with Crippen molar-refractivity contribution in [2.75, 3.05) is 19.6 Å². The smallest absolute Gasteiger partial charge is 0.329 e. The topological polar surface area (TPSA) is 29.3 Å². The van der Waals surface area contributed by atoms with E-state index < -0.39 is 12.7 Å². The van der Waals surface area contributed by atoms with Crippen molar-refractivity contribution in [1.29, 1.82) is 0 Å². The molecule has 0 aliphatic heterocycles. The molecule has 0 rings (SSSR count). The van der Waals surface area contributed by atoms with Crippen LogP contribution < -0.4 is 5.73 Å². The zero-order chi connectivity index (χ0) is 13.0. The van der Waals surface area contributed by atoms with Crippen LogP contribution in [0, 0.1) is 5.41 Å². The Hall–Kier alpha value is -0.290. The lowest BCUT2D eigenvalue weighted by atomic mass is 9.85. The third-order valence-electron chi connectivity index (χ3n) is 2.56. The van der Waals surface area contributed by atoms with E-state index >= 15 is 0 Å². The zero-order valence-electron chi connectivity index (χ0n) is 10.6. The van der Waals surface area contributed by atoms with Gasteiger partial charge in [-0.15, -0.1) is 0 Å². The van der Waals surface area contributed by atoms with Crippen LogP contribution in [-0.4, -0.2) is 36.8 Å². The van der Waals surface area contributed by atoms with Gasteiger partial charge in [0.1, 0.15) is 0 Å². The quantitative estimate of drug-likeness (QED) is 0.800. The van der Waals surface area contributed by atoms with Crippen molar-refractivity contribution in [2.24, 2.45) is 11.1 Å². The van der Waals surface area contributed by atoms with Crippen LogP contribution in [0.1, 0.15) is 34.1 Å². The van der Waals surface area contributed by atoms with E-state index in [9.17, 15) is 13.2 Å². The van der Waals surface area contributed by atoms with E-state index in [2.05, 4.69) is 0 Å². The summed E-state index contributed by atoms with van der Waals surface area (Å²) in [6.45, 7) is 7.44. The highest BCUT2D eigenvalue weighted by molar-refractivity contribution is 4.85. The Morgan fingerprint density at radius 3 is 1.94 bits per heavy atom. The first-order chi connectivity index (χ1) is 7.11. The van der Waals surface area contributed by atoms with Crippen LogP contribution in [0.4, 0.5) is 13.2 Å². The molecule has 98 valence electrons. The third-order valence-corrected chi connectivity index (χ3v) is 2.56. The van der Waals surface area contributed by atoms with Gasteiger partial charge in [0.05, 0.1) is 6.54 Å². The number of nitrogens with two attached hydrogens (primary N) is 1. The van der Waals surface area contributed by atoms with Crippen molar-refractivity contribution in [2.45, 2.75) is 46.3 Å². The van der Waals surface area contributed by atoms with E-state index in [1.165, 1.54) is 4.90 Å². The van der Waals surface area contributed by atoms with Crippen molar-refractivity contribution in [3.05, 3.63) is 0 Å². The molecule has 0 aromatic rings. The van der Waals surface area contributed by atoms with E-state index in [0.717, 1.165) is 0 Å². The average Bonchev–Trinajstić information content (AvgIpc) is 1.99. The highest BCUT2D eigenvalue weighted by Gasteiger charge is 2.36. The fourth-order valence-electron chi connectivity index (χ4n) is 1.91. The second-order valence-electron chi connectivity index (χ2n) is 5.20. The Morgan fingerprint density at radius 1 is 1.19 bits per heavy atom. The predicted molar refractivity (Wildman–Crippen MR) is 60.2 cm³/mol. The molecule has 0 bridgehead atoms. The van der Waals surface area contributed by atoms with Crippen molar-refractivity contribution in [3.63, 3.8) is 0 Å². The lowest BCUT2D eigenvalue weighted by molar-refractivity contribution is -0.154. The molecule has 0 radical (unpaired) electrons. The van der Waals surface area contributed by atoms with Crippen LogP contribution in [0.3, 0.4) is 0 Å². The predicted octanol–water partition coefficient (Wildman–Crippen LogP) is 2.63. The van der Waals surface area contributed by atoms with Gasteiger partial charge in [0.15, 0.2) is 0 Å². The molecule has 0 heterocycles. The van der Waals surface area contributed by atoms with Gasteiger partial charge >= 0.3 is 6.18 Å². The summed E-state index contributed by atoms with van der Waals surface area (Å²) >= 11 is 0. The fraction of sp³-hybridized carbons (Fsp3) is 1.00. The molecule has 2 N–H and O–H groups in total. The van der Waals surface area contributed by atoms with Crippen molar-refractivity contribution < 1.29 is 13.2 Å². The second-order valence-corrected chi connectivity index (χ2v) is 5.20. The van der Waals surface area contributed by atoms with Gasteiger partial charge in [0.25, 0.3) is 0 Å². The van der Waals surface area contributed by atoms with Crippen LogP contribution in [0.25, 0.3) is 0 Å². The number of nitrogens with zero attached hydrogens (tertiary/aromatic N) is 1. The molecule has 5 heteroatoms. The Kier molecular flexibility index (Phi) is 5.76. The van der Waals surface area contributed by atoms with Crippen LogP contribution in [0.5, 0.6) is 0 Å². The molecule has 0 spiro atoms. The minimum absolute atomic E-state index is 0.241. The molecule has 0 aromatic heterocycles. The molecule has 0 saturated heterocycles. The number of rotatable bonds is 5. The molecule has 0 fully saturated rings. The van der Waals surface area contributed by atoms with Crippen LogP contribution in [0.15, 0.2) is 0 Å². The molecule has 1 atom stereocenters. The number of alkyl halides is 3. The normalized spacial score (nSPS) is 15.6. The Bertz CT molecular complexity index is 196. The SMILES string of the molecule is CCCN(CC(F)(F)F)C(CN)C(C)(C)C. The van der Waals surface area contributed by atoms with Crippen LogP contribution in [-0.2, 0) is 0 Å². The maximum atomic E-state index is 12.4. The van der Waals surface area contributed by atoms with Gasteiger partial charge < -0.3 is 5.73 Å². The maximum absolute atomic E-state index is 12.4. The molecule has 0 aliphatic rings. The van der Waals surface area contributed by atoms with Gasteiger partial charge in [-0.05, 0) is 18.4 Å². The maximum Gasteiger partial charge on any atom is 0.401 e. The third kappa shape index (κ3) is 5.70. The fourth-order valence-corrected chi connectivity index (χ4v) is 1.91. The largest absolute Gasteiger partial charge is 0.401 e. The van der Waals surface area contributed by atoms with E-state index in [0.29, 0.717) is 13.0 Å². The highest BCUT2D eigenvalue weighted by atomic mass is 19.4. The number of hydrogen-bond donors (Lipinski definition) is 1. The molecule has 0 amide bonds. The molecule has 16 heavy (non-hydrogen) atoms. The summed E-state index contributed by atoms with van der Waals surface area (Å²) in [5.74, 6) is 0. The Balaban J connectivity index is 4.73. The summed E-state index contributed by atoms with van der Waals surface area (Å²) in [4.78, 5) is 1.44. The zero-order valence-corrected chi connectivity index (χ0v) is 10.6. The summed E-state index contributed by atoms with van der Waals surface area (Å²) in [5, 5.41) is 0. The van der Waals surface area contributed by atoms with E-state index in [4.69, 9.17) is 5.73 Å². The monoisotopic (exact) mass is 240 g/mol. The van der Waals surface area contributed by atoms with Gasteiger partial charge in [0, 0.05) is 12.6 Å². The summed E-state index contributed by atoms with van der Waals surface area (Å²) < 4.78 is 37.3. The second kappa shape index (κ2) is 5.87. The molecular weight excluding hydrogens is 217 g/mol. The minimum atomic E-state index is -4.16. The van der Waals surface area contributed by atoms with Gasteiger partial charge in [-0.25, -0.2) is 0 Å². The van der Waals surface area contributed by atoms with Gasteiger partial charge in [-0.1, -0.05) is 27.7 Å². The van der Waals surface area contributed by atoms with E-state index in [1.54, 1.807) is 0 Å². The summed E-state index contributed by atoms with van der Waals surface area (Å²) in [6.07, 6.45) is -3.46. The van der Waals surface area contributed by atoms with Gasteiger partial charge in [-0.3, -0.25) is 4.90 Å². The lowest BCUT2D eigenvalue weighted by Crippen LogP contribution is -2.52. The first-order valence-corrected chi connectivity index (χ1v) is 5.62. The van der Waals surface area contributed by atoms with Gasteiger partial charge in [0.2, 0.25) is 0 Å². The summed E-state index contributed by atoms with van der Waals surface area (Å²) in [7, 11) is 0. The van der Waals surface area contributed by atoms with E-state index in [-0.39, 0.29) is 18.0 Å². The molecule has 2 nitrogen and oxygen atoms in total. The number of halogens is 3. The Labute approximate surface area is 96.0 Å². The molecule has 0 aromatic carbocycles. The molecule has 1 unspecified atom stereocenters. The summed E-state index contributed by atoms with van der Waals surface area (Å²) in [6, 6.07) is -0.242. The van der Waals surface area contributed by atoms with Crippen molar-refractivity contribution >= 4 is 0 Å². The average molecular weight is 240 g/mol. The minimum Gasteiger partial charge on any atom is -0.329 e. The first kappa shape index (κ1) is 15.7. The molecule has 0 saturated carbocycles. The Morgan fingerprint density at radius 2 is 1.69 bits per heavy atom. The standard InChI is InChI=1S/C11H23F3N2/c1-5-6-16(8-11(12,13)14)9(7-15)10(2,3)4/h9H,5-8,15H2,1-4H3.